The molecular weight excluding hydrogens is 411 g/mol. The molecule has 1 heterocycles. The van der Waals surface area contributed by atoms with Crippen molar-refractivity contribution in [2.75, 3.05) is 0 Å². The number of rotatable bonds is 6. The smallest absolute Gasteiger partial charge is 0.382 e. The van der Waals surface area contributed by atoms with E-state index in [1.807, 2.05) is 31.2 Å². The molecule has 3 rings (SSSR count). The number of benzene rings is 2. The van der Waals surface area contributed by atoms with E-state index in [-0.39, 0.29) is 13.0 Å². The summed E-state index contributed by atoms with van der Waals surface area (Å²) in [6.45, 7) is 3.35. The van der Waals surface area contributed by atoms with E-state index in [9.17, 15) is 22.8 Å². The highest BCUT2D eigenvalue weighted by atomic mass is 19.4. The number of oxime groups is 1. The van der Waals surface area contributed by atoms with Gasteiger partial charge in [-0.15, -0.1) is 0 Å². The molecule has 9 heteroatoms. The quantitative estimate of drug-likeness (QED) is 0.734. The van der Waals surface area contributed by atoms with Crippen LogP contribution >= 0.6 is 0 Å². The lowest BCUT2D eigenvalue weighted by Crippen LogP contribution is -2.48. The first-order chi connectivity index (χ1) is 14.6. The highest BCUT2D eigenvalue weighted by Gasteiger charge is 2.31. The summed E-state index contributed by atoms with van der Waals surface area (Å²) >= 11 is 0. The monoisotopic (exact) mass is 433 g/mol. The average molecular weight is 433 g/mol. The molecule has 0 fully saturated rings. The van der Waals surface area contributed by atoms with E-state index >= 15 is 0 Å². The van der Waals surface area contributed by atoms with Gasteiger partial charge in [0.2, 0.25) is 12.0 Å². The van der Waals surface area contributed by atoms with Crippen LogP contribution in [0.25, 0.3) is 0 Å². The third-order valence-corrected chi connectivity index (χ3v) is 4.82. The Kier molecular flexibility index (Phi) is 6.62. The summed E-state index contributed by atoms with van der Waals surface area (Å²) < 4.78 is 38.4. The van der Waals surface area contributed by atoms with Crippen molar-refractivity contribution < 1.29 is 27.6 Å². The van der Waals surface area contributed by atoms with Crippen molar-refractivity contribution in [3.8, 4) is 0 Å². The Balaban J connectivity index is 1.49. The van der Waals surface area contributed by atoms with Crippen molar-refractivity contribution in [1.29, 1.82) is 0 Å². The van der Waals surface area contributed by atoms with Crippen LogP contribution in [0.5, 0.6) is 0 Å². The zero-order valence-corrected chi connectivity index (χ0v) is 17.0. The zero-order chi connectivity index (χ0) is 22.6. The Morgan fingerprint density at radius 1 is 1.19 bits per heavy atom. The highest BCUT2D eigenvalue weighted by Crippen LogP contribution is 2.29. The van der Waals surface area contributed by atoms with E-state index in [0.717, 1.165) is 23.3 Å². The first kappa shape index (κ1) is 22.3. The van der Waals surface area contributed by atoms with Crippen LogP contribution < -0.4 is 10.6 Å². The van der Waals surface area contributed by atoms with Crippen molar-refractivity contribution in [2.24, 2.45) is 5.16 Å². The number of aryl methyl sites for hydroxylation is 1. The highest BCUT2D eigenvalue weighted by molar-refractivity contribution is 6.04. The van der Waals surface area contributed by atoms with Crippen LogP contribution in [0.3, 0.4) is 0 Å². The van der Waals surface area contributed by atoms with Gasteiger partial charge in [-0.3, -0.25) is 9.59 Å². The number of halogens is 3. The fourth-order valence-corrected chi connectivity index (χ4v) is 3.01. The van der Waals surface area contributed by atoms with Gasteiger partial charge in [-0.1, -0.05) is 47.1 Å². The summed E-state index contributed by atoms with van der Waals surface area (Å²) in [6.07, 6.45) is -5.04. The van der Waals surface area contributed by atoms with Gasteiger partial charge in [0, 0.05) is 13.0 Å². The Hall–Kier alpha value is -3.36. The molecule has 2 N–H and O–H groups in total. The molecule has 0 unspecified atom stereocenters. The van der Waals surface area contributed by atoms with Gasteiger partial charge in [0.15, 0.2) is 0 Å². The summed E-state index contributed by atoms with van der Waals surface area (Å²) in [5.74, 6) is -1.02. The van der Waals surface area contributed by atoms with Crippen LogP contribution in [0.15, 0.2) is 53.7 Å². The summed E-state index contributed by atoms with van der Waals surface area (Å²) in [7, 11) is 0. The first-order valence-electron chi connectivity index (χ1n) is 9.67. The van der Waals surface area contributed by atoms with Crippen molar-refractivity contribution in [3.63, 3.8) is 0 Å². The number of nitrogens with zero attached hydrogens (tertiary/aromatic N) is 1. The third kappa shape index (κ3) is 5.84. The summed E-state index contributed by atoms with van der Waals surface area (Å²) in [5, 5.41) is 9.03. The Morgan fingerprint density at radius 3 is 2.58 bits per heavy atom. The molecule has 0 aromatic heterocycles. The van der Waals surface area contributed by atoms with Gasteiger partial charge in [0.1, 0.15) is 6.04 Å². The molecule has 0 saturated heterocycles. The average Bonchev–Trinajstić information content (AvgIpc) is 3.22. The molecule has 2 atom stereocenters. The molecular formula is C22H22F3N3O3. The molecule has 1 aliphatic heterocycles. The maximum Gasteiger partial charge on any atom is 0.416 e. The third-order valence-electron chi connectivity index (χ3n) is 4.82. The predicted molar refractivity (Wildman–Crippen MR) is 108 cm³/mol. The van der Waals surface area contributed by atoms with Crippen LogP contribution in [0.2, 0.25) is 0 Å². The molecule has 0 aliphatic carbocycles. The molecule has 0 radical (unpaired) electrons. The van der Waals surface area contributed by atoms with Crippen LogP contribution in [0.1, 0.15) is 35.6 Å². The minimum absolute atomic E-state index is 0.0937. The minimum atomic E-state index is -4.46. The molecule has 0 bridgehead atoms. The normalized spacial score (nSPS) is 16.8. The zero-order valence-electron chi connectivity index (χ0n) is 17.0. The molecule has 0 saturated carbocycles. The molecule has 0 spiro atoms. The van der Waals surface area contributed by atoms with Crippen LogP contribution in [0.4, 0.5) is 13.2 Å². The molecule has 2 aromatic rings. The second-order valence-electron chi connectivity index (χ2n) is 7.35. The van der Waals surface area contributed by atoms with Gasteiger partial charge < -0.3 is 15.5 Å². The lowest BCUT2D eigenvalue weighted by atomic mass is 10.0. The second-order valence-corrected chi connectivity index (χ2v) is 7.35. The van der Waals surface area contributed by atoms with Gasteiger partial charge in [0.05, 0.1) is 11.3 Å². The maximum absolute atomic E-state index is 12.8. The van der Waals surface area contributed by atoms with Crippen LogP contribution in [-0.2, 0) is 27.1 Å². The first-order valence-corrected chi connectivity index (χ1v) is 9.67. The largest absolute Gasteiger partial charge is 0.416 e. The van der Waals surface area contributed by atoms with Gasteiger partial charge in [-0.25, -0.2) is 0 Å². The van der Waals surface area contributed by atoms with Crippen molar-refractivity contribution >= 4 is 17.5 Å². The molecule has 6 nitrogen and oxygen atoms in total. The van der Waals surface area contributed by atoms with Crippen molar-refractivity contribution in [2.45, 2.75) is 45.1 Å². The summed E-state index contributed by atoms with van der Waals surface area (Å²) in [5.41, 5.74) is 2.11. The molecule has 31 heavy (non-hydrogen) atoms. The maximum atomic E-state index is 12.8. The Morgan fingerprint density at radius 2 is 1.90 bits per heavy atom. The number of amides is 2. The Labute approximate surface area is 177 Å². The van der Waals surface area contributed by atoms with E-state index in [1.54, 1.807) is 0 Å². The van der Waals surface area contributed by atoms with E-state index in [4.69, 9.17) is 4.84 Å². The lowest BCUT2D eigenvalue weighted by molar-refractivity contribution is -0.137. The fraction of sp³-hybridized carbons (Fsp3) is 0.318. The second kappa shape index (κ2) is 9.20. The van der Waals surface area contributed by atoms with Gasteiger partial charge in [0.25, 0.3) is 5.91 Å². The number of carbonyl (C=O) groups is 2. The number of carbonyl (C=O) groups excluding carboxylic acids is 2. The van der Waals surface area contributed by atoms with E-state index in [2.05, 4.69) is 15.8 Å². The van der Waals surface area contributed by atoms with E-state index < -0.39 is 35.7 Å². The number of hydrogen-bond donors (Lipinski definition) is 2. The number of nitrogens with one attached hydrogen (secondary N) is 2. The van der Waals surface area contributed by atoms with Crippen LogP contribution in [-0.4, -0.2) is 29.7 Å². The number of hydrogen-bond acceptors (Lipinski definition) is 4. The van der Waals surface area contributed by atoms with Crippen molar-refractivity contribution in [3.05, 3.63) is 70.8 Å². The van der Waals surface area contributed by atoms with Crippen molar-refractivity contribution in [1.82, 2.24) is 10.6 Å². The van der Waals surface area contributed by atoms with E-state index in [0.29, 0.717) is 11.3 Å². The fourth-order valence-electron chi connectivity index (χ4n) is 3.01. The lowest BCUT2D eigenvalue weighted by Gasteiger charge is -2.16. The van der Waals surface area contributed by atoms with Crippen LogP contribution in [0, 0.1) is 6.92 Å². The minimum Gasteiger partial charge on any atom is -0.382 e. The molecule has 2 aromatic carbocycles. The summed E-state index contributed by atoms with van der Waals surface area (Å²) in [4.78, 5) is 29.9. The topological polar surface area (TPSA) is 79.8 Å². The standard InChI is InChI=1S/C22H22F3N3O3/c1-13-6-8-16(9-7-13)18-11-19(31-28-18)21(30)27-14(2)20(29)26-12-15-4-3-5-17(10-15)22(23,24)25/h3-10,14,19H,11-12H2,1-2H3,(H,26,29)(H,27,30)/t14-,19-/m1/s1. The predicted octanol–water partition coefficient (Wildman–Crippen LogP) is 3.33. The Bertz CT molecular complexity index is 987. The van der Waals surface area contributed by atoms with Gasteiger partial charge in [-0.2, -0.15) is 13.2 Å². The van der Waals surface area contributed by atoms with Gasteiger partial charge >= 0.3 is 6.18 Å². The molecule has 1 aliphatic rings. The van der Waals surface area contributed by atoms with E-state index in [1.165, 1.54) is 19.1 Å². The SMILES string of the molecule is Cc1ccc(C2=NO[C@@H](C(=O)N[C@H](C)C(=O)NCc3cccc(C(F)(F)F)c3)C2)cc1. The number of alkyl halides is 3. The molecule has 164 valence electrons. The van der Waals surface area contributed by atoms with Gasteiger partial charge in [-0.05, 0) is 37.1 Å². The summed E-state index contributed by atoms with van der Waals surface area (Å²) in [6, 6.07) is 11.4. The molecule has 2 amide bonds.